The summed E-state index contributed by atoms with van der Waals surface area (Å²) in [5, 5.41) is 5.95. The highest BCUT2D eigenvalue weighted by molar-refractivity contribution is 6.05. The molecule has 1 amide bonds. The van der Waals surface area contributed by atoms with E-state index in [1.54, 1.807) is 12.1 Å². The van der Waals surface area contributed by atoms with Gasteiger partial charge in [-0.1, -0.05) is 32.9 Å². The van der Waals surface area contributed by atoms with Crippen molar-refractivity contribution in [2.75, 3.05) is 24.3 Å². The molecule has 0 fully saturated rings. The topological polar surface area (TPSA) is 50.4 Å². The van der Waals surface area contributed by atoms with E-state index in [4.69, 9.17) is 4.74 Å². The molecule has 0 radical (unpaired) electrons. The van der Waals surface area contributed by atoms with Crippen LogP contribution in [0.2, 0.25) is 0 Å². The summed E-state index contributed by atoms with van der Waals surface area (Å²) in [6, 6.07) is 9.31. The Morgan fingerprint density at radius 1 is 1.19 bits per heavy atom. The molecular weight excluding hydrogens is 343 g/mol. The maximum absolute atomic E-state index is 14.9. The van der Waals surface area contributed by atoms with Crippen molar-refractivity contribution in [3.63, 3.8) is 0 Å². The largest absolute Gasteiger partial charge is 0.492 e. The van der Waals surface area contributed by atoms with Crippen molar-refractivity contribution in [2.45, 2.75) is 45.4 Å². The average Bonchev–Trinajstić information content (AvgIpc) is 2.87. The number of nitrogens with one attached hydrogen (secondary N) is 2. The van der Waals surface area contributed by atoms with E-state index in [-0.39, 0.29) is 17.1 Å². The summed E-state index contributed by atoms with van der Waals surface area (Å²) in [7, 11) is 1.41. The highest BCUT2D eigenvalue weighted by Crippen LogP contribution is 2.38. The van der Waals surface area contributed by atoms with Crippen LogP contribution in [0.5, 0.6) is 5.75 Å². The summed E-state index contributed by atoms with van der Waals surface area (Å²) in [6.45, 7) is 7.11. The van der Waals surface area contributed by atoms with Gasteiger partial charge in [0.15, 0.2) is 11.6 Å². The Balaban J connectivity index is 1.89. The summed E-state index contributed by atoms with van der Waals surface area (Å²) in [5.41, 5.74) is 3.41. The van der Waals surface area contributed by atoms with Gasteiger partial charge in [0.1, 0.15) is 0 Å². The van der Waals surface area contributed by atoms with Gasteiger partial charge in [0.2, 0.25) is 0 Å². The van der Waals surface area contributed by atoms with Gasteiger partial charge >= 0.3 is 0 Å². The molecule has 0 saturated heterocycles. The summed E-state index contributed by atoms with van der Waals surface area (Å²) in [4.78, 5) is 12.7. The Morgan fingerprint density at radius 2 is 1.89 bits per heavy atom. The lowest BCUT2D eigenvalue weighted by molar-refractivity contribution is 0.102. The minimum atomic E-state index is -0.449. The van der Waals surface area contributed by atoms with Gasteiger partial charge in [0.25, 0.3) is 5.91 Å². The van der Waals surface area contributed by atoms with Crippen LogP contribution < -0.4 is 15.4 Å². The molecule has 0 saturated carbocycles. The molecule has 0 aromatic heterocycles. The molecule has 1 heterocycles. The number of amides is 1. The molecule has 0 spiro atoms. The first-order valence-electron chi connectivity index (χ1n) is 9.36. The fraction of sp³-hybridized carbons (Fsp3) is 0.409. The number of halogens is 1. The summed E-state index contributed by atoms with van der Waals surface area (Å²) in [5.74, 6) is -0.673. The monoisotopic (exact) mass is 370 g/mol. The van der Waals surface area contributed by atoms with E-state index < -0.39 is 5.82 Å². The van der Waals surface area contributed by atoms with E-state index >= 15 is 0 Å². The molecule has 3 rings (SSSR count). The molecule has 0 atom stereocenters. The fourth-order valence-corrected chi connectivity index (χ4v) is 3.34. The van der Waals surface area contributed by atoms with Gasteiger partial charge in [-0.3, -0.25) is 4.79 Å². The number of carbonyl (C=O) groups excluding carboxylic acids is 1. The lowest BCUT2D eigenvalue weighted by atomic mass is 9.87. The second-order valence-electron chi connectivity index (χ2n) is 7.97. The maximum Gasteiger partial charge on any atom is 0.255 e. The van der Waals surface area contributed by atoms with Crippen molar-refractivity contribution in [1.82, 2.24) is 0 Å². The minimum absolute atomic E-state index is 0.0192. The lowest BCUT2D eigenvalue weighted by Crippen LogP contribution is -2.15. The summed E-state index contributed by atoms with van der Waals surface area (Å²) < 4.78 is 20.1. The van der Waals surface area contributed by atoms with E-state index in [0.717, 1.165) is 36.9 Å². The molecule has 27 heavy (non-hydrogen) atoms. The maximum atomic E-state index is 14.9. The Hall–Kier alpha value is -2.56. The lowest BCUT2D eigenvalue weighted by Gasteiger charge is -2.19. The Labute approximate surface area is 160 Å². The molecule has 0 aliphatic carbocycles. The van der Waals surface area contributed by atoms with Gasteiger partial charge in [-0.25, -0.2) is 4.39 Å². The van der Waals surface area contributed by atoms with Crippen LogP contribution in [-0.2, 0) is 11.8 Å². The molecule has 0 bridgehead atoms. The van der Waals surface area contributed by atoms with E-state index in [2.05, 4.69) is 31.4 Å². The van der Waals surface area contributed by atoms with Crippen molar-refractivity contribution in [3.8, 4) is 5.75 Å². The SMILES string of the molecule is COc1c(NC(=O)c2ccc(C(C)(C)C)cc2)cc2c(c1F)NCCCC2. The molecule has 0 unspecified atom stereocenters. The number of anilines is 2. The van der Waals surface area contributed by atoms with Crippen molar-refractivity contribution >= 4 is 17.3 Å². The highest BCUT2D eigenvalue weighted by atomic mass is 19.1. The number of fused-ring (bicyclic) bond motifs is 1. The first-order valence-corrected chi connectivity index (χ1v) is 9.36. The molecule has 144 valence electrons. The molecule has 2 aromatic rings. The first-order chi connectivity index (χ1) is 12.8. The van der Waals surface area contributed by atoms with Crippen LogP contribution in [0.25, 0.3) is 0 Å². The zero-order chi connectivity index (χ0) is 19.6. The molecule has 1 aliphatic rings. The van der Waals surface area contributed by atoms with Gasteiger partial charge in [-0.05, 0) is 54.0 Å². The minimum Gasteiger partial charge on any atom is -0.492 e. The van der Waals surface area contributed by atoms with Crippen LogP contribution in [0.3, 0.4) is 0 Å². The third-order valence-corrected chi connectivity index (χ3v) is 4.94. The number of rotatable bonds is 3. The molecule has 2 N–H and O–H groups in total. The van der Waals surface area contributed by atoms with E-state index in [0.29, 0.717) is 16.9 Å². The van der Waals surface area contributed by atoms with Crippen LogP contribution in [0.15, 0.2) is 30.3 Å². The quantitative estimate of drug-likeness (QED) is 0.787. The number of benzene rings is 2. The van der Waals surface area contributed by atoms with Gasteiger partial charge in [-0.15, -0.1) is 0 Å². The molecule has 1 aliphatic heterocycles. The number of ether oxygens (including phenoxy) is 1. The van der Waals surface area contributed by atoms with Crippen molar-refractivity contribution < 1.29 is 13.9 Å². The van der Waals surface area contributed by atoms with E-state index in [1.165, 1.54) is 7.11 Å². The first kappa shape index (κ1) is 19.2. The van der Waals surface area contributed by atoms with E-state index in [1.807, 2.05) is 18.2 Å². The fourth-order valence-electron chi connectivity index (χ4n) is 3.34. The van der Waals surface area contributed by atoms with Gasteiger partial charge in [0.05, 0.1) is 18.5 Å². The second kappa shape index (κ2) is 7.59. The number of aryl methyl sites for hydroxylation is 1. The van der Waals surface area contributed by atoms with Crippen LogP contribution in [0, 0.1) is 5.82 Å². The Bertz CT molecular complexity index is 839. The van der Waals surface area contributed by atoms with Crippen LogP contribution >= 0.6 is 0 Å². The number of hydrogen-bond donors (Lipinski definition) is 2. The summed E-state index contributed by atoms with van der Waals surface area (Å²) >= 11 is 0. The van der Waals surface area contributed by atoms with Crippen molar-refractivity contribution in [3.05, 3.63) is 52.8 Å². The molecule has 4 nitrogen and oxygen atoms in total. The number of methoxy groups -OCH3 is 1. The van der Waals surface area contributed by atoms with Crippen LogP contribution in [-0.4, -0.2) is 19.6 Å². The van der Waals surface area contributed by atoms with E-state index in [9.17, 15) is 9.18 Å². The molecule has 5 heteroatoms. The standard InChI is InChI=1S/C22H27FN2O2/c1-22(2,3)16-10-8-14(9-11-16)21(26)25-17-13-15-7-5-6-12-24-19(15)18(23)20(17)27-4/h8-11,13,24H,5-7,12H2,1-4H3,(H,25,26). The third-order valence-electron chi connectivity index (χ3n) is 4.94. The van der Waals surface area contributed by atoms with Gasteiger partial charge in [0, 0.05) is 12.1 Å². The summed E-state index contributed by atoms with van der Waals surface area (Å²) in [6.07, 6.45) is 2.73. The van der Waals surface area contributed by atoms with Gasteiger partial charge in [-0.2, -0.15) is 0 Å². The van der Waals surface area contributed by atoms with Crippen molar-refractivity contribution in [2.24, 2.45) is 0 Å². The predicted octanol–water partition coefficient (Wildman–Crippen LogP) is 5.13. The zero-order valence-electron chi connectivity index (χ0n) is 16.4. The predicted molar refractivity (Wildman–Crippen MR) is 107 cm³/mol. The van der Waals surface area contributed by atoms with Crippen LogP contribution in [0.1, 0.15) is 55.1 Å². The third kappa shape index (κ3) is 4.07. The normalized spacial score (nSPS) is 14.0. The number of carbonyl (C=O) groups is 1. The number of hydrogen-bond acceptors (Lipinski definition) is 3. The second-order valence-corrected chi connectivity index (χ2v) is 7.97. The van der Waals surface area contributed by atoms with Crippen molar-refractivity contribution in [1.29, 1.82) is 0 Å². The molecular formula is C22H27FN2O2. The smallest absolute Gasteiger partial charge is 0.255 e. The average molecular weight is 370 g/mol. The van der Waals surface area contributed by atoms with Crippen LogP contribution in [0.4, 0.5) is 15.8 Å². The molecule has 2 aromatic carbocycles. The van der Waals surface area contributed by atoms with Gasteiger partial charge < -0.3 is 15.4 Å². The Morgan fingerprint density at radius 3 is 2.52 bits per heavy atom. The zero-order valence-corrected chi connectivity index (χ0v) is 16.4. The highest BCUT2D eigenvalue weighted by Gasteiger charge is 2.22. The Kier molecular flexibility index (Phi) is 5.40.